The second-order valence-corrected chi connectivity index (χ2v) is 8.69. The van der Waals surface area contributed by atoms with Crippen LogP contribution in [0, 0.1) is 5.92 Å². The molecule has 1 saturated heterocycles. The molecule has 1 aromatic rings. The van der Waals surface area contributed by atoms with Crippen LogP contribution in [0.15, 0.2) is 23.1 Å². The highest BCUT2D eigenvalue weighted by atomic mass is 32.2. The molecule has 25 heavy (non-hydrogen) atoms. The number of hydrogen-bond donors (Lipinski definition) is 1. The maximum Gasteiger partial charge on any atom is 0.322 e. The summed E-state index contributed by atoms with van der Waals surface area (Å²) in [5.41, 5.74) is 0. The number of fused-ring (bicyclic) bond motifs is 2. The number of carboxylic acid groups (broad SMARTS) is 1. The topological polar surface area (TPSA) is 93.1 Å². The summed E-state index contributed by atoms with van der Waals surface area (Å²) in [6.07, 6.45) is 3.97. The van der Waals surface area contributed by atoms with Crippen molar-refractivity contribution in [2.75, 3.05) is 13.2 Å². The zero-order valence-electron chi connectivity index (χ0n) is 13.8. The summed E-state index contributed by atoms with van der Waals surface area (Å²) < 4.78 is 38.7. The van der Waals surface area contributed by atoms with Gasteiger partial charge in [-0.15, -0.1) is 0 Å². The SMILES string of the molecule is O=C(O)[C@@H]1C[C@H]2CCCC[C@@H]2N1S(=O)(=O)c1ccc2c(c1)OCCO2. The van der Waals surface area contributed by atoms with Crippen molar-refractivity contribution in [3.63, 3.8) is 0 Å². The van der Waals surface area contributed by atoms with Gasteiger partial charge in [0, 0.05) is 12.1 Å². The molecular formula is C17H21NO6S. The monoisotopic (exact) mass is 367 g/mol. The molecule has 0 amide bonds. The van der Waals surface area contributed by atoms with E-state index in [1.54, 1.807) is 6.07 Å². The van der Waals surface area contributed by atoms with Crippen molar-refractivity contribution < 1.29 is 27.8 Å². The first-order chi connectivity index (χ1) is 12.0. The highest BCUT2D eigenvalue weighted by Gasteiger charge is 2.51. The van der Waals surface area contributed by atoms with Gasteiger partial charge >= 0.3 is 5.97 Å². The number of aliphatic carboxylic acids is 1. The Balaban J connectivity index is 1.73. The quantitative estimate of drug-likeness (QED) is 0.877. The summed E-state index contributed by atoms with van der Waals surface area (Å²) in [4.78, 5) is 11.8. The van der Waals surface area contributed by atoms with E-state index >= 15 is 0 Å². The van der Waals surface area contributed by atoms with Crippen LogP contribution in [0.4, 0.5) is 0 Å². The van der Waals surface area contributed by atoms with Gasteiger partial charge in [-0.1, -0.05) is 12.8 Å². The zero-order valence-corrected chi connectivity index (χ0v) is 14.6. The van der Waals surface area contributed by atoms with E-state index in [4.69, 9.17) is 9.47 Å². The van der Waals surface area contributed by atoms with Crippen molar-refractivity contribution in [3.8, 4) is 11.5 Å². The Kier molecular flexibility index (Phi) is 4.11. The molecular weight excluding hydrogens is 346 g/mol. The number of hydrogen-bond acceptors (Lipinski definition) is 5. The maximum absolute atomic E-state index is 13.3. The number of sulfonamides is 1. The molecule has 0 radical (unpaired) electrons. The Labute approximate surface area is 146 Å². The molecule has 0 bridgehead atoms. The zero-order chi connectivity index (χ0) is 17.6. The average Bonchev–Trinajstić information content (AvgIpc) is 3.02. The van der Waals surface area contributed by atoms with E-state index < -0.39 is 22.0 Å². The van der Waals surface area contributed by atoms with Crippen molar-refractivity contribution >= 4 is 16.0 Å². The fourth-order valence-electron chi connectivity index (χ4n) is 4.28. The predicted molar refractivity (Wildman–Crippen MR) is 88.2 cm³/mol. The molecule has 136 valence electrons. The van der Waals surface area contributed by atoms with E-state index in [2.05, 4.69) is 0 Å². The third-order valence-corrected chi connectivity index (χ3v) is 7.33. The lowest BCUT2D eigenvalue weighted by Gasteiger charge is -2.32. The van der Waals surface area contributed by atoms with E-state index in [-0.39, 0.29) is 16.9 Å². The first-order valence-electron chi connectivity index (χ1n) is 8.64. The third-order valence-electron chi connectivity index (χ3n) is 5.40. The number of benzene rings is 1. The molecule has 1 aromatic carbocycles. The molecule has 2 aliphatic heterocycles. The van der Waals surface area contributed by atoms with E-state index in [9.17, 15) is 18.3 Å². The van der Waals surface area contributed by atoms with E-state index in [0.29, 0.717) is 31.1 Å². The number of carboxylic acids is 1. The van der Waals surface area contributed by atoms with Crippen LogP contribution in [-0.2, 0) is 14.8 Å². The van der Waals surface area contributed by atoms with Gasteiger partial charge in [0.1, 0.15) is 19.3 Å². The van der Waals surface area contributed by atoms with Gasteiger partial charge < -0.3 is 14.6 Å². The molecule has 8 heteroatoms. The highest BCUT2D eigenvalue weighted by Crippen LogP contribution is 2.43. The molecule has 0 aromatic heterocycles. The lowest BCUT2D eigenvalue weighted by atomic mass is 9.85. The van der Waals surface area contributed by atoms with Gasteiger partial charge in [-0.2, -0.15) is 4.31 Å². The van der Waals surface area contributed by atoms with Crippen LogP contribution in [0.25, 0.3) is 0 Å². The van der Waals surface area contributed by atoms with Crippen LogP contribution in [-0.4, -0.2) is 49.1 Å². The van der Waals surface area contributed by atoms with Gasteiger partial charge in [-0.25, -0.2) is 8.42 Å². The van der Waals surface area contributed by atoms with Crippen LogP contribution in [0.3, 0.4) is 0 Å². The van der Waals surface area contributed by atoms with E-state index in [0.717, 1.165) is 25.7 Å². The maximum atomic E-state index is 13.3. The molecule has 1 saturated carbocycles. The Hall–Kier alpha value is -1.80. The largest absolute Gasteiger partial charge is 0.486 e. The summed E-state index contributed by atoms with van der Waals surface area (Å²) in [6.45, 7) is 0.790. The van der Waals surface area contributed by atoms with Gasteiger partial charge in [-0.3, -0.25) is 4.79 Å². The van der Waals surface area contributed by atoms with Crippen LogP contribution in [0.1, 0.15) is 32.1 Å². The molecule has 0 spiro atoms. The lowest BCUT2D eigenvalue weighted by molar-refractivity contribution is -0.141. The second-order valence-electron chi connectivity index (χ2n) is 6.84. The molecule has 0 unspecified atom stereocenters. The fraction of sp³-hybridized carbons (Fsp3) is 0.588. The van der Waals surface area contributed by atoms with Crippen LogP contribution in [0.5, 0.6) is 11.5 Å². The summed E-state index contributed by atoms with van der Waals surface area (Å²) in [5, 5.41) is 9.58. The number of ether oxygens (including phenoxy) is 2. The van der Waals surface area contributed by atoms with Crippen molar-refractivity contribution in [2.24, 2.45) is 5.92 Å². The third kappa shape index (κ3) is 2.77. The molecule has 7 nitrogen and oxygen atoms in total. The fourth-order valence-corrected chi connectivity index (χ4v) is 6.17. The standard InChI is InChI=1S/C17H21NO6S/c19-17(20)14-9-11-3-1-2-4-13(11)18(14)25(21,22)12-5-6-15-16(10-12)24-8-7-23-15/h5-6,10-11,13-14H,1-4,7-9H2,(H,19,20)/t11-,13+,14+/m1/s1. The van der Waals surface area contributed by atoms with Crippen molar-refractivity contribution in [2.45, 2.75) is 49.1 Å². The molecule has 1 N–H and O–H groups in total. The minimum absolute atomic E-state index is 0.0641. The molecule has 4 rings (SSSR count). The van der Waals surface area contributed by atoms with Crippen LogP contribution < -0.4 is 9.47 Å². The minimum Gasteiger partial charge on any atom is -0.486 e. The smallest absolute Gasteiger partial charge is 0.322 e. The normalized spacial score (nSPS) is 29.2. The molecule has 1 aliphatic carbocycles. The molecule has 3 aliphatic rings. The summed E-state index contributed by atoms with van der Waals surface area (Å²) in [5.74, 6) is -0.0482. The van der Waals surface area contributed by atoms with E-state index in [1.807, 2.05) is 0 Å². The Bertz CT molecular complexity index is 792. The first kappa shape index (κ1) is 16.7. The number of rotatable bonds is 3. The summed E-state index contributed by atoms with van der Waals surface area (Å²) in [6, 6.07) is 3.27. The van der Waals surface area contributed by atoms with Gasteiger partial charge in [-0.05, 0) is 37.3 Å². The number of carbonyl (C=O) groups is 1. The van der Waals surface area contributed by atoms with Gasteiger partial charge in [0.15, 0.2) is 11.5 Å². The van der Waals surface area contributed by atoms with Gasteiger partial charge in [0.05, 0.1) is 4.90 Å². The first-order valence-corrected chi connectivity index (χ1v) is 10.1. The highest BCUT2D eigenvalue weighted by molar-refractivity contribution is 7.89. The second kappa shape index (κ2) is 6.17. The predicted octanol–water partition coefficient (Wildman–Crippen LogP) is 1.86. The van der Waals surface area contributed by atoms with Crippen molar-refractivity contribution in [1.82, 2.24) is 4.31 Å². The average molecular weight is 367 g/mol. The Morgan fingerprint density at radius 3 is 2.60 bits per heavy atom. The van der Waals surface area contributed by atoms with Gasteiger partial charge in [0.25, 0.3) is 0 Å². The van der Waals surface area contributed by atoms with E-state index in [1.165, 1.54) is 16.4 Å². The van der Waals surface area contributed by atoms with Crippen molar-refractivity contribution in [1.29, 1.82) is 0 Å². The lowest BCUT2D eigenvalue weighted by Crippen LogP contribution is -2.46. The van der Waals surface area contributed by atoms with Crippen molar-refractivity contribution in [3.05, 3.63) is 18.2 Å². The minimum atomic E-state index is -3.92. The number of nitrogens with zero attached hydrogens (tertiary/aromatic N) is 1. The van der Waals surface area contributed by atoms with Gasteiger partial charge in [0.2, 0.25) is 10.0 Å². The summed E-state index contributed by atoms with van der Waals surface area (Å²) in [7, 11) is -3.92. The Morgan fingerprint density at radius 2 is 1.84 bits per heavy atom. The van der Waals surface area contributed by atoms with Crippen LogP contribution in [0.2, 0.25) is 0 Å². The summed E-state index contributed by atoms with van der Waals surface area (Å²) >= 11 is 0. The molecule has 2 heterocycles. The Morgan fingerprint density at radius 1 is 1.12 bits per heavy atom. The van der Waals surface area contributed by atoms with Crippen LogP contribution >= 0.6 is 0 Å². The molecule has 2 fully saturated rings. The molecule has 3 atom stereocenters.